The summed E-state index contributed by atoms with van der Waals surface area (Å²) in [5.74, 6) is 0.188. The summed E-state index contributed by atoms with van der Waals surface area (Å²) < 4.78 is 24.2. The maximum Gasteiger partial charge on any atom is 0.217 e. The van der Waals surface area contributed by atoms with Crippen molar-refractivity contribution in [1.82, 2.24) is 5.32 Å². The minimum Gasteiger partial charge on any atom is -0.350 e. The SMILES string of the molecule is CC(=O)NC1([C@H]2CCCS2(=O)=O)CCCCC1. The minimum absolute atomic E-state index is 0.103. The van der Waals surface area contributed by atoms with Gasteiger partial charge in [0.1, 0.15) is 0 Å². The Morgan fingerprint density at radius 2 is 1.82 bits per heavy atom. The first kappa shape index (κ1) is 12.9. The maximum absolute atomic E-state index is 12.1. The fourth-order valence-corrected chi connectivity index (χ4v) is 5.83. The molecule has 1 aliphatic carbocycles. The predicted octanol–water partition coefficient (Wildman–Crippen LogP) is 1.40. The van der Waals surface area contributed by atoms with Crippen molar-refractivity contribution < 1.29 is 13.2 Å². The van der Waals surface area contributed by atoms with Crippen LogP contribution in [0.5, 0.6) is 0 Å². The lowest BCUT2D eigenvalue weighted by Gasteiger charge is -2.42. The second kappa shape index (κ2) is 4.59. The second-order valence-corrected chi connectivity index (χ2v) is 7.70. The van der Waals surface area contributed by atoms with Crippen LogP contribution < -0.4 is 5.32 Å². The first-order chi connectivity index (χ1) is 7.96. The molecular weight excluding hydrogens is 238 g/mol. The van der Waals surface area contributed by atoms with Crippen LogP contribution in [0, 0.1) is 0 Å². The molecule has 0 aromatic rings. The van der Waals surface area contributed by atoms with Crippen LogP contribution in [0.15, 0.2) is 0 Å². The Balaban J connectivity index is 2.29. The number of rotatable bonds is 2. The third-order valence-electron chi connectivity index (χ3n) is 4.12. The molecule has 1 atom stereocenters. The number of hydrogen-bond donors (Lipinski definition) is 1. The smallest absolute Gasteiger partial charge is 0.217 e. The third-order valence-corrected chi connectivity index (χ3v) is 6.53. The predicted molar refractivity (Wildman–Crippen MR) is 66.4 cm³/mol. The molecule has 1 amide bonds. The van der Waals surface area contributed by atoms with Crippen molar-refractivity contribution in [3.63, 3.8) is 0 Å². The molecule has 0 aromatic heterocycles. The highest BCUT2D eigenvalue weighted by atomic mass is 32.2. The summed E-state index contributed by atoms with van der Waals surface area (Å²) in [6.45, 7) is 1.48. The first-order valence-electron chi connectivity index (χ1n) is 6.47. The van der Waals surface area contributed by atoms with Crippen LogP contribution in [0.1, 0.15) is 51.9 Å². The topological polar surface area (TPSA) is 63.2 Å². The van der Waals surface area contributed by atoms with E-state index < -0.39 is 15.4 Å². The highest BCUT2D eigenvalue weighted by molar-refractivity contribution is 7.92. The summed E-state index contributed by atoms with van der Waals surface area (Å²) in [6, 6.07) is 0. The van der Waals surface area contributed by atoms with E-state index in [1.54, 1.807) is 0 Å². The molecule has 0 unspecified atom stereocenters. The zero-order valence-electron chi connectivity index (χ0n) is 10.4. The molecule has 98 valence electrons. The van der Waals surface area contributed by atoms with Gasteiger partial charge in [0.25, 0.3) is 0 Å². The zero-order chi connectivity index (χ0) is 12.5. The van der Waals surface area contributed by atoms with Crippen molar-refractivity contribution in [2.45, 2.75) is 62.7 Å². The highest BCUT2D eigenvalue weighted by Crippen LogP contribution is 2.39. The minimum atomic E-state index is -3.01. The first-order valence-corrected chi connectivity index (χ1v) is 8.18. The molecule has 4 nitrogen and oxygen atoms in total. The Hall–Kier alpha value is -0.580. The van der Waals surface area contributed by atoms with E-state index in [1.807, 2.05) is 0 Å². The Morgan fingerprint density at radius 3 is 2.29 bits per heavy atom. The Morgan fingerprint density at radius 1 is 1.18 bits per heavy atom. The Labute approximate surface area is 103 Å². The van der Waals surface area contributed by atoms with Crippen LogP contribution in [0.25, 0.3) is 0 Å². The molecule has 17 heavy (non-hydrogen) atoms. The normalized spacial score (nSPS) is 31.0. The van der Waals surface area contributed by atoms with Crippen molar-refractivity contribution in [3.05, 3.63) is 0 Å². The Bertz CT molecular complexity index is 396. The van der Waals surface area contributed by atoms with Crippen molar-refractivity contribution in [1.29, 1.82) is 0 Å². The number of carbonyl (C=O) groups is 1. The van der Waals surface area contributed by atoms with Crippen molar-refractivity contribution >= 4 is 15.7 Å². The average Bonchev–Trinajstić information content (AvgIpc) is 2.59. The van der Waals surface area contributed by atoms with Gasteiger partial charge in [-0.2, -0.15) is 0 Å². The second-order valence-electron chi connectivity index (χ2n) is 5.40. The molecule has 0 spiro atoms. The zero-order valence-corrected chi connectivity index (χ0v) is 11.2. The van der Waals surface area contributed by atoms with Gasteiger partial charge >= 0.3 is 0 Å². The summed E-state index contributed by atoms with van der Waals surface area (Å²) in [5.41, 5.74) is -0.473. The number of amides is 1. The van der Waals surface area contributed by atoms with E-state index in [4.69, 9.17) is 0 Å². The fourth-order valence-electron chi connectivity index (χ4n) is 3.47. The lowest BCUT2D eigenvalue weighted by atomic mass is 9.78. The quantitative estimate of drug-likeness (QED) is 0.815. The van der Waals surface area contributed by atoms with Gasteiger partial charge in [-0.25, -0.2) is 8.42 Å². The van der Waals surface area contributed by atoms with E-state index in [0.717, 1.165) is 38.5 Å². The molecule has 0 aromatic carbocycles. The molecule has 1 heterocycles. The summed E-state index contributed by atoms with van der Waals surface area (Å²) in [5, 5.41) is 2.63. The summed E-state index contributed by atoms with van der Waals surface area (Å²) in [4.78, 5) is 11.4. The number of sulfone groups is 1. The van der Waals surface area contributed by atoms with E-state index in [0.29, 0.717) is 12.2 Å². The van der Waals surface area contributed by atoms with Gasteiger partial charge in [-0.05, 0) is 25.7 Å². The average molecular weight is 259 g/mol. The molecule has 1 saturated carbocycles. The van der Waals surface area contributed by atoms with Gasteiger partial charge in [-0.3, -0.25) is 4.79 Å². The largest absolute Gasteiger partial charge is 0.350 e. The van der Waals surface area contributed by atoms with Crippen molar-refractivity contribution in [2.75, 3.05) is 5.75 Å². The van der Waals surface area contributed by atoms with E-state index in [2.05, 4.69) is 5.32 Å². The van der Waals surface area contributed by atoms with Gasteiger partial charge in [-0.1, -0.05) is 19.3 Å². The monoisotopic (exact) mass is 259 g/mol. The molecule has 1 N–H and O–H groups in total. The lowest BCUT2D eigenvalue weighted by Crippen LogP contribution is -2.58. The molecule has 0 bridgehead atoms. The van der Waals surface area contributed by atoms with Crippen LogP contribution in [-0.2, 0) is 14.6 Å². The van der Waals surface area contributed by atoms with Gasteiger partial charge < -0.3 is 5.32 Å². The van der Waals surface area contributed by atoms with E-state index >= 15 is 0 Å². The third kappa shape index (κ3) is 2.49. The molecule has 2 rings (SSSR count). The standard InChI is InChI=1S/C12H21NO3S/c1-10(14)13-12(7-3-2-4-8-12)11-6-5-9-17(11,15)16/h11H,2-9H2,1H3,(H,13,14)/t11-/m1/s1. The lowest BCUT2D eigenvalue weighted by molar-refractivity contribution is -0.121. The molecule has 5 heteroatoms. The van der Waals surface area contributed by atoms with E-state index in [-0.39, 0.29) is 11.2 Å². The molecule has 2 fully saturated rings. The highest BCUT2D eigenvalue weighted by Gasteiger charge is 2.49. The number of carbonyl (C=O) groups excluding carboxylic acids is 1. The van der Waals surface area contributed by atoms with Crippen LogP contribution >= 0.6 is 0 Å². The van der Waals surface area contributed by atoms with Gasteiger partial charge in [0.15, 0.2) is 9.84 Å². The van der Waals surface area contributed by atoms with Crippen LogP contribution in [0.3, 0.4) is 0 Å². The van der Waals surface area contributed by atoms with Crippen LogP contribution in [-0.4, -0.2) is 30.9 Å². The van der Waals surface area contributed by atoms with Gasteiger partial charge in [-0.15, -0.1) is 0 Å². The van der Waals surface area contributed by atoms with Gasteiger partial charge in [0, 0.05) is 6.92 Å². The van der Waals surface area contributed by atoms with Crippen molar-refractivity contribution in [2.24, 2.45) is 0 Å². The maximum atomic E-state index is 12.1. The van der Waals surface area contributed by atoms with Gasteiger partial charge in [0.2, 0.25) is 5.91 Å². The molecule has 1 aliphatic heterocycles. The molecule has 2 aliphatic rings. The molecule has 1 saturated heterocycles. The van der Waals surface area contributed by atoms with Gasteiger partial charge in [0.05, 0.1) is 16.5 Å². The van der Waals surface area contributed by atoms with E-state index in [1.165, 1.54) is 6.92 Å². The summed E-state index contributed by atoms with van der Waals surface area (Å²) in [6.07, 6.45) is 6.27. The van der Waals surface area contributed by atoms with Crippen molar-refractivity contribution in [3.8, 4) is 0 Å². The summed E-state index contributed by atoms with van der Waals surface area (Å²) >= 11 is 0. The Kier molecular flexibility index (Phi) is 3.48. The summed E-state index contributed by atoms with van der Waals surface area (Å²) in [7, 11) is -3.01. The fraction of sp³-hybridized carbons (Fsp3) is 0.917. The number of hydrogen-bond acceptors (Lipinski definition) is 3. The number of nitrogens with one attached hydrogen (secondary N) is 1. The molecular formula is C12H21NO3S. The van der Waals surface area contributed by atoms with Crippen LogP contribution in [0.2, 0.25) is 0 Å². The molecule has 0 radical (unpaired) electrons. The van der Waals surface area contributed by atoms with E-state index in [9.17, 15) is 13.2 Å². The van der Waals surface area contributed by atoms with Crippen LogP contribution in [0.4, 0.5) is 0 Å².